The van der Waals surface area contributed by atoms with E-state index in [2.05, 4.69) is 126 Å². The Morgan fingerprint density at radius 3 is 1.96 bits per heavy atom. The number of hydrogen-bond donors (Lipinski definition) is 0. The first kappa shape index (κ1) is 26.4. The van der Waals surface area contributed by atoms with Gasteiger partial charge in [-0.05, 0) is 77.4 Å². The van der Waals surface area contributed by atoms with E-state index in [9.17, 15) is 0 Å². The Morgan fingerprint density at radius 1 is 0.429 bits per heavy atom. The molecule has 49 heavy (non-hydrogen) atoms. The number of hydrogen-bond acceptors (Lipinski definition) is 3. The monoisotopic (exact) mass is 626 g/mol. The first-order chi connectivity index (χ1) is 24.3. The number of aromatic nitrogens is 2. The quantitative estimate of drug-likeness (QED) is 0.196. The molecule has 0 saturated carbocycles. The minimum atomic E-state index is 0.813. The summed E-state index contributed by atoms with van der Waals surface area (Å²) in [5, 5.41) is 6.69. The average Bonchev–Trinajstić information content (AvgIpc) is 3.83. The van der Waals surface area contributed by atoms with Crippen molar-refractivity contribution in [2.45, 2.75) is 0 Å². The average molecular weight is 627 g/mol. The van der Waals surface area contributed by atoms with Crippen LogP contribution in [0.25, 0.3) is 105 Å². The van der Waals surface area contributed by atoms with E-state index >= 15 is 0 Å². The first-order valence-electron chi connectivity index (χ1n) is 16.5. The van der Waals surface area contributed by atoms with Gasteiger partial charge in [0.15, 0.2) is 5.58 Å². The van der Waals surface area contributed by atoms with Crippen LogP contribution in [0.4, 0.5) is 0 Å². The van der Waals surface area contributed by atoms with E-state index in [0.29, 0.717) is 0 Å². The Balaban J connectivity index is 1.12. The van der Waals surface area contributed by atoms with Crippen molar-refractivity contribution in [1.29, 1.82) is 0 Å². The Bertz CT molecular complexity index is 3120. The molecular weight excluding hydrogens is 601 g/mol. The molecule has 0 unspecified atom stereocenters. The predicted molar refractivity (Wildman–Crippen MR) is 202 cm³/mol. The van der Waals surface area contributed by atoms with Gasteiger partial charge < -0.3 is 13.4 Å². The zero-order valence-electron chi connectivity index (χ0n) is 26.2. The lowest BCUT2D eigenvalue weighted by Gasteiger charge is -2.12. The molecule has 0 amide bonds. The number of para-hydroxylation sites is 4. The van der Waals surface area contributed by atoms with Crippen LogP contribution in [-0.4, -0.2) is 9.55 Å². The van der Waals surface area contributed by atoms with Crippen molar-refractivity contribution in [3.8, 4) is 27.9 Å². The predicted octanol–water partition coefficient (Wildman–Crippen LogP) is 12.5. The van der Waals surface area contributed by atoms with Crippen LogP contribution >= 0.6 is 0 Å². The first-order valence-corrected chi connectivity index (χ1v) is 16.5. The SMILES string of the molecule is c1cc(-c2cccc(-n3c4ccccc4c4c5oc6ccccc6c5ccc43)c2)cc(-c2c3ccccc3nc3c2oc2ccccc23)c1. The molecule has 0 radical (unpaired) electrons. The van der Waals surface area contributed by atoms with E-state index in [0.717, 1.165) is 99.3 Å². The molecule has 0 aliphatic carbocycles. The maximum Gasteiger partial charge on any atom is 0.162 e. The lowest BCUT2D eigenvalue weighted by molar-refractivity contribution is 0.670. The smallest absolute Gasteiger partial charge is 0.162 e. The van der Waals surface area contributed by atoms with Crippen LogP contribution in [0, 0.1) is 0 Å². The van der Waals surface area contributed by atoms with Crippen molar-refractivity contribution in [3.63, 3.8) is 0 Å². The van der Waals surface area contributed by atoms with Crippen molar-refractivity contribution in [3.05, 3.63) is 158 Å². The van der Waals surface area contributed by atoms with Crippen LogP contribution in [0.3, 0.4) is 0 Å². The highest BCUT2D eigenvalue weighted by molar-refractivity contribution is 6.24. The molecule has 228 valence electrons. The van der Waals surface area contributed by atoms with Crippen LogP contribution in [0.1, 0.15) is 0 Å². The van der Waals surface area contributed by atoms with Gasteiger partial charge in [0.25, 0.3) is 0 Å². The highest BCUT2D eigenvalue weighted by atomic mass is 16.3. The molecule has 4 heteroatoms. The summed E-state index contributed by atoms with van der Waals surface area (Å²) in [5.74, 6) is 0. The van der Waals surface area contributed by atoms with Crippen molar-refractivity contribution < 1.29 is 8.83 Å². The fraction of sp³-hybridized carbons (Fsp3) is 0. The van der Waals surface area contributed by atoms with Gasteiger partial charge in [0, 0.05) is 38.2 Å². The van der Waals surface area contributed by atoms with Gasteiger partial charge in [-0.25, -0.2) is 4.98 Å². The summed E-state index contributed by atoms with van der Waals surface area (Å²) >= 11 is 0. The van der Waals surface area contributed by atoms with Crippen molar-refractivity contribution in [2.75, 3.05) is 0 Å². The van der Waals surface area contributed by atoms with E-state index in [-0.39, 0.29) is 0 Å². The van der Waals surface area contributed by atoms with Gasteiger partial charge in [0.2, 0.25) is 0 Å². The van der Waals surface area contributed by atoms with Crippen LogP contribution in [0.2, 0.25) is 0 Å². The van der Waals surface area contributed by atoms with Crippen LogP contribution in [0.5, 0.6) is 0 Å². The van der Waals surface area contributed by atoms with Crippen LogP contribution in [0.15, 0.2) is 167 Å². The largest absolute Gasteiger partial charge is 0.455 e. The standard InChI is InChI=1S/C45H26N2O2/c1-5-19-36-33(16-1)41(45-43(46-36)35-18-4-8-22-40(35)49-45)29-13-9-11-27(25-29)28-12-10-14-30(26-28)47-37-20-6-2-17-34(37)42-38(47)24-23-32-31-15-3-7-21-39(31)48-44(32)42/h1-26H. The molecule has 11 aromatic rings. The van der Waals surface area contributed by atoms with Crippen LogP contribution < -0.4 is 0 Å². The van der Waals surface area contributed by atoms with Gasteiger partial charge in [0.1, 0.15) is 22.3 Å². The second-order valence-electron chi connectivity index (χ2n) is 12.7. The van der Waals surface area contributed by atoms with Gasteiger partial charge in [-0.2, -0.15) is 0 Å². The molecule has 7 aromatic carbocycles. The van der Waals surface area contributed by atoms with Gasteiger partial charge in [-0.15, -0.1) is 0 Å². The van der Waals surface area contributed by atoms with E-state index in [1.165, 1.54) is 5.39 Å². The molecular formula is C45H26N2O2. The Morgan fingerprint density at radius 2 is 1.08 bits per heavy atom. The highest BCUT2D eigenvalue weighted by Gasteiger charge is 2.20. The molecule has 0 N–H and O–H groups in total. The molecule has 0 fully saturated rings. The molecule has 0 saturated heterocycles. The number of furan rings is 2. The maximum atomic E-state index is 6.53. The Labute approximate surface area is 280 Å². The van der Waals surface area contributed by atoms with E-state index < -0.39 is 0 Å². The van der Waals surface area contributed by atoms with Crippen molar-refractivity contribution >= 4 is 76.7 Å². The number of fused-ring (bicyclic) bond motifs is 11. The molecule has 4 nitrogen and oxygen atoms in total. The third kappa shape index (κ3) is 3.77. The summed E-state index contributed by atoms with van der Waals surface area (Å²) in [6, 6.07) is 55.4. The molecule has 4 aromatic heterocycles. The number of rotatable bonds is 3. The molecule has 4 heterocycles. The molecule has 0 bridgehead atoms. The van der Waals surface area contributed by atoms with E-state index in [1.807, 2.05) is 36.4 Å². The van der Waals surface area contributed by atoms with Crippen molar-refractivity contribution in [1.82, 2.24) is 9.55 Å². The normalized spacial score (nSPS) is 12.1. The van der Waals surface area contributed by atoms with Gasteiger partial charge in [-0.1, -0.05) is 97.1 Å². The Kier molecular flexibility index (Phi) is 5.35. The molecule has 0 atom stereocenters. The lowest BCUT2D eigenvalue weighted by Crippen LogP contribution is -1.94. The topological polar surface area (TPSA) is 44.1 Å². The van der Waals surface area contributed by atoms with E-state index in [4.69, 9.17) is 13.8 Å². The highest BCUT2D eigenvalue weighted by Crippen LogP contribution is 2.42. The molecule has 11 rings (SSSR count). The summed E-state index contributed by atoms with van der Waals surface area (Å²) in [5.41, 5.74) is 13.1. The lowest BCUT2D eigenvalue weighted by atomic mass is 9.95. The van der Waals surface area contributed by atoms with Gasteiger partial charge in [0.05, 0.1) is 21.9 Å². The number of pyridine rings is 1. The summed E-state index contributed by atoms with van der Waals surface area (Å²) in [7, 11) is 0. The summed E-state index contributed by atoms with van der Waals surface area (Å²) in [6.07, 6.45) is 0. The zero-order valence-corrected chi connectivity index (χ0v) is 26.2. The molecule has 0 aliphatic rings. The molecule has 0 aliphatic heterocycles. The summed E-state index contributed by atoms with van der Waals surface area (Å²) < 4.78 is 15.4. The van der Waals surface area contributed by atoms with Crippen LogP contribution in [-0.2, 0) is 0 Å². The number of benzene rings is 7. The second kappa shape index (κ2) is 9.93. The maximum absolute atomic E-state index is 6.53. The minimum Gasteiger partial charge on any atom is -0.455 e. The fourth-order valence-electron chi connectivity index (χ4n) is 7.82. The second-order valence-corrected chi connectivity index (χ2v) is 12.7. The van der Waals surface area contributed by atoms with Crippen molar-refractivity contribution in [2.24, 2.45) is 0 Å². The zero-order chi connectivity index (χ0) is 32.1. The summed E-state index contributed by atoms with van der Waals surface area (Å²) in [6.45, 7) is 0. The number of nitrogens with zero attached hydrogens (tertiary/aromatic N) is 2. The summed E-state index contributed by atoms with van der Waals surface area (Å²) in [4.78, 5) is 5.05. The van der Waals surface area contributed by atoms with E-state index in [1.54, 1.807) is 0 Å². The minimum absolute atomic E-state index is 0.813. The third-order valence-corrected chi connectivity index (χ3v) is 9.97. The Hall–Kier alpha value is -6.65. The fourth-order valence-corrected chi connectivity index (χ4v) is 7.82. The third-order valence-electron chi connectivity index (χ3n) is 9.97. The van der Waals surface area contributed by atoms with Gasteiger partial charge in [-0.3, -0.25) is 0 Å². The molecule has 0 spiro atoms. The van der Waals surface area contributed by atoms with Gasteiger partial charge >= 0.3 is 0 Å².